The molecule has 1 heterocycles. The summed E-state index contributed by atoms with van der Waals surface area (Å²) in [5.41, 5.74) is -0.573. The number of carbonyl (C=O) groups excluding carboxylic acids is 1. The largest absolute Gasteiger partial charge is 0.481 e. The third-order valence-electron chi connectivity index (χ3n) is 2.89. The van der Waals surface area contributed by atoms with Crippen LogP contribution >= 0.6 is 0 Å². The molecule has 1 rings (SSSR count). The fourth-order valence-electron chi connectivity index (χ4n) is 2.00. The maximum atomic E-state index is 12.2. The number of amides is 1. The summed E-state index contributed by atoms with van der Waals surface area (Å²) >= 11 is 0. The molecule has 1 amide bonds. The van der Waals surface area contributed by atoms with Gasteiger partial charge in [0, 0.05) is 19.7 Å². The molecule has 0 aromatic carbocycles. The molecule has 17 heavy (non-hydrogen) atoms. The molecule has 1 atom stereocenters. The Morgan fingerprint density at radius 2 is 1.88 bits per heavy atom. The van der Waals surface area contributed by atoms with Crippen molar-refractivity contribution >= 4 is 11.9 Å². The highest BCUT2D eigenvalue weighted by Crippen LogP contribution is 2.28. The van der Waals surface area contributed by atoms with Crippen molar-refractivity contribution in [2.45, 2.75) is 27.2 Å². The van der Waals surface area contributed by atoms with Crippen LogP contribution in [-0.4, -0.2) is 48.2 Å². The molecule has 0 aliphatic carbocycles. The van der Waals surface area contributed by atoms with Gasteiger partial charge in [0.1, 0.15) is 5.92 Å². The quantitative estimate of drug-likeness (QED) is 0.734. The average molecular weight is 243 g/mol. The second-order valence-corrected chi connectivity index (χ2v) is 5.43. The Morgan fingerprint density at radius 3 is 2.41 bits per heavy atom. The van der Waals surface area contributed by atoms with Gasteiger partial charge < -0.3 is 14.7 Å². The number of carboxylic acids is 1. The number of carboxylic acid groups (broad SMARTS) is 1. The Hall–Kier alpha value is -1.10. The van der Waals surface area contributed by atoms with E-state index in [0.29, 0.717) is 26.3 Å². The van der Waals surface area contributed by atoms with E-state index in [0.717, 1.165) is 6.42 Å². The zero-order valence-electron chi connectivity index (χ0n) is 10.7. The minimum atomic E-state index is -1.05. The lowest BCUT2D eigenvalue weighted by Crippen LogP contribution is -2.46. The van der Waals surface area contributed by atoms with Gasteiger partial charge >= 0.3 is 5.97 Å². The first-order chi connectivity index (χ1) is 7.84. The first-order valence-electron chi connectivity index (χ1n) is 5.93. The topological polar surface area (TPSA) is 66.8 Å². The minimum absolute atomic E-state index is 0.296. The number of hydrogen-bond donors (Lipinski definition) is 1. The Morgan fingerprint density at radius 1 is 1.24 bits per heavy atom. The van der Waals surface area contributed by atoms with E-state index in [1.165, 1.54) is 0 Å². The van der Waals surface area contributed by atoms with Crippen molar-refractivity contribution in [2.24, 2.45) is 11.3 Å². The van der Waals surface area contributed by atoms with Crippen molar-refractivity contribution < 1.29 is 19.4 Å². The second kappa shape index (κ2) is 5.49. The molecule has 0 bridgehead atoms. The first-order valence-corrected chi connectivity index (χ1v) is 5.93. The molecule has 1 aliphatic heterocycles. The van der Waals surface area contributed by atoms with Crippen molar-refractivity contribution in [2.75, 3.05) is 26.3 Å². The van der Waals surface area contributed by atoms with Gasteiger partial charge in [-0.25, -0.2) is 0 Å². The predicted molar refractivity (Wildman–Crippen MR) is 62.6 cm³/mol. The van der Waals surface area contributed by atoms with E-state index in [1.807, 2.05) is 0 Å². The van der Waals surface area contributed by atoms with E-state index in [4.69, 9.17) is 4.74 Å². The second-order valence-electron chi connectivity index (χ2n) is 5.43. The van der Waals surface area contributed by atoms with Crippen LogP contribution in [0.4, 0.5) is 0 Å². The van der Waals surface area contributed by atoms with E-state index >= 15 is 0 Å². The van der Waals surface area contributed by atoms with Crippen molar-refractivity contribution in [3.8, 4) is 0 Å². The summed E-state index contributed by atoms with van der Waals surface area (Å²) in [5, 5.41) is 9.20. The van der Waals surface area contributed by atoms with Gasteiger partial charge in [0.15, 0.2) is 0 Å². The maximum absolute atomic E-state index is 12.2. The Balaban J connectivity index is 2.80. The predicted octanol–water partition coefficient (Wildman–Crippen LogP) is 0.982. The van der Waals surface area contributed by atoms with E-state index in [-0.39, 0.29) is 5.91 Å². The number of aliphatic carboxylic acids is 1. The van der Waals surface area contributed by atoms with Crippen LogP contribution in [-0.2, 0) is 14.3 Å². The molecule has 98 valence electrons. The Bertz CT molecular complexity index is 287. The van der Waals surface area contributed by atoms with Crippen LogP contribution in [0.3, 0.4) is 0 Å². The monoisotopic (exact) mass is 243 g/mol. The Kier molecular flexibility index (Phi) is 4.51. The third kappa shape index (κ3) is 3.70. The first kappa shape index (κ1) is 14.0. The molecule has 0 aromatic heterocycles. The summed E-state index contributed by atoms with van der Waals surface area (Å²) < 4.78 is 5.26. The highest BCUT2D eigenvalue weighted by atomic mass is 16.5. The van der Waals surface area contributed by atoms with Crippen molar-refractivity contribution in [1.29, 1.82) is 0 Å². The molecular weight excluding hydrogens is 222 g/mol. The number of ether oxygens (including phenoxy) is 1. The van der Waals surface area contributed by atoms with Gasteiger partial charge in [-0.1, -0.05) is 20.8 Å². The van der Waals surface area contributed by atoms with Gasteiger partial charge in [0.25, 0.3) is 0 Å². The van der Waals surface area contributed by atoms with Crippen LogP contribution in [0.2, 0.25) is 0 Å². The third-order valence-corrected chi connectivity index (χ3v) is 2.89. The molecule has 1 saturated heterocycles. The van der Waals surface area contributed by atoms with Gasteiger partial charge in [-0.3, -0.25) is 9.59 Å². The zero-order chi connectivity index (χ0) is 13.1. The summed E-state index contributed by atoms with van der Waals surface area (Å²) in [7, 11) is 0. The van der Waals surface area contributed by atoms with Gasteiger partial charge in [-0.15, -0.1) is 0 Å². The smallest absolute Gasteiger partial charge is 0.316 e. The van der Waals surface area contributed by atoms with Gasteiger partial charge in [0.05, 0.1) is 6.61 Å². The van der Waals surface area contributed by atoms with Crippen LogP contribution in [0, 0.1) is 11.3 Å². The number of nitrogens with zero attached hydrogens (tertiary/aromatic N) is 1. The van der Waals surface area contributed by atoms with Crippen molar-refractivity contribution in [1.82, 2.24) is 4.90 Å². The number of rotatable bonds is 2. The van der Waals surface area contributed by atoms with Gasteiger partial charge in [-0.05, 0) is 11.8 Å². The SMILES string of the molecule is CC(C)(C)C(C(=O)O)C(=O)N1CCCOCC1. The molecular formula is C12H21NO4. The van der Waals surface area contributed by atoms with Crippen LogP contribution in [0.15, 0.2) is 0 Å². The highest BCUT2D eigenvalue weighted by molar-refractivity contribution is 5.97. The molecule has 1 N–H and O–H groups in total. The Labute approximate surface area is 102 Å². The van der Waals surface area contributed by atoms with Crippen LogP contribution in [0.5, 0.6) is 0 Å². The lowest BCUT2D eigenvalue weighted by molar-refractivity contribution is -0.156. The highest BCUT2D eigenvalue weighted by Gasteiger charge is 2.40. The molecule has 0 aromatic rings. The summed E-state index contributed by atoms with van der Waals surface area (Å²) in [6, 6.07) is 0. The molecule has 5 heteroatoms. The van der Waals surface area contributed by atoms with Crippen LogP contribution in [0.25, 0.3) is 0 Å². The zero-order valence-corrected chi connectivity index (χ0v) is 10.7. The fourth-order valence-corrected chi connectivity index (χ4v) is 2.00. The summed E-state index contributed by atoms with van der Waals surface area (Å²) in [6.45, 7) is 7.52. The molecule has 0 radical (unpaired) electrons. The van der Waals surface area contributed by atoms with Crippen molar-refractivity contribution in [3.05, 3.63) is 0 Å². The molecule has 1 fully saturated rings. The number of hydrogen-bond acceptors (Lipinski definition) is 3. The summed E-state index contributed by atoms with van der Waals surface area (Å²) in [6.07, 6.45) is 0.766. The molecule has 1 unspecified atom stereocenters. The molecule has 1 aliphatic rings. The van der Waals surface area contributed by atoms with Crippen LogP contribution < -0.4 is 0 Å². The van der Waals surface area contributed by atoms with E-state index < -0.39 is 17.3 Å². The lowest BCUT2D eigenvalue weighted by atomic mass is 9.80. The molecule has 5 nitrogen and oxygen atoms in total. The standard InChI is InChI=1S/C12H21NO4/c1-12(2,3)9(11(15)16)10(14)13-5-4-7-17-8-6-13/h9H,4-8H2,1-3H3,(H,15,16). The van der Waals surface area contributed by atoms with Gasteiger partial charge in [-0.2, -0.15) is 0 Å². The minimum Gasteiger partial charge on any atom is -0.481 e. The van der Waals surface area contributed by atoms with Gasteiger partial charge in [0.2, 0.25) is 5.91 Å². The normalized spacial score (nSPS) is 19.6. The number of carbonyl (C=O) groups is 2. The van der Waals surface area contributed by atoms with Crippen molar-refractivity contribution in [3.63, 3.8) is 0 Å². The molecule has 0 saturated carbocycles. The van der Waals surface area contributed by atoms with E-state index in [2.05, 4.69) is 0 Å². The maximum Gasteiger partial charge on any atom is 0.316 e. The van der Waals surface area contributed by atoms with E-state index in [1.54, 1.807) is 25.7 Å². The molecule has 0 spiro atoms. The van der Waals surface area contributed by atoms with E-state index in [9.17, 15) is 14.7 Å². The average Bonchev–Trinajstić information content (AvgIpc) is 2.42. The van der Waals surface area contributed by atoms with Crippen LogP contribution in [0.1, 0.15) is 27.2 Å². The summed E-state index contributed by atoms with van der Waals surface area (Å²) in [5.74, 6) is -2.33. The summed E-state index contributed by atoms with van der Waals surface area (Å²) in [4.78, 5) is 25.1. The fraction of sp³-hybridized carbons (Fsp3) is 0.833. The lowest BCUT2D eigenvalue weighted by Gasteiger charge is -2.31.